The van der Waals surface area contributed by atoms with Crippen molar-refractivity contribution in [1.82, 2.24) is 15.3 Å². The van der Waals surface area contributed by atoms with Crippen molar-refractivity contribution in [3.05, 3.63) is 89.9 Å². The van der Waals surface area contributed by atoms with Crippen LogP contribution in [-0.4, -0.2) is 15.9 Å². The van der Waals surface area contributed by atoms with Gasteiger partial charge in [-0.1, -0.05) is 42.0 Å². The summed E-state index contributed by atoms with van der Waals surface area (Å²) in [6.07, 6.45) is 8.05. The summed E-state index contributed by atoms with van der Waals surface area (Å²) in [7, 11) is 0. The Kier molecular flexibility index (Phi) is 5.94. The monoisotopic (exact) mass is 359 g/mol. The third kappa shape index (κ3) is 5.51. The van der Waals surface area contributed by atoms with Gasteiger partial charge in [-0.2, -0.15) is 0 Å². The van der Waals surface area contributed by atoms with Crippen LogP contribution in [0.15, 0.2) is 73.2 Å². The lowest BCUT2D eigenvalue weighted by Gasteiger charge is -2.14. The molecule has 1 heterocycles. The lowest BCUT2D eigenvalue weighted by molar-refractivity contribution is -0.117. The summed E-state index contributed by atoms with van der Waals surface area (Å²) < 4.78 is 5.69. The Bertz CT molecular complexity index is 922. The molecule has 0 aliphatic carbocycles. The predicted octanol–water partition coefficient (Wildman–Crippen LogP) is 4.47. The minimum absolute atomic E-state index is 0.150. The second-order valence-corrected chi connectivity index (χ2v) is 6.19. The predicted molar refractivity (Wildman–Crippen MR) is 105 cm³/mol. The number of hydrogen-bond donors (Lipinski definition) is 1. The number of hydrogen-bond acceptors (Lipinski definition) is 4. The highest BCUT2D eigenvalue weighted by Gasteiger charge is 2.09. The number of nitrogens with one attached hydrogen (secondary N) is 1. The third-order valence-corrected chi connectivity index (χ3v) is 3.98. The molecule has 136 valence electrons. The van der Waals surface area contributed by atoms with Gasteiger partial charge in [0, 0.05) is 18.5 Å². The lowest BCUT2D eigenvalue weighted by Crippen LogP contribution is -2.24. The highest BCUT2D eigenvalue weighted by atomic mass is 16.5. The zero-order valence-electron chi connectivity index (χ0n) is 15.3. The zero-order valence-corrected chi connectivity index (χ0v) is 15.3. The topological polar surface area (TPSA) is 64.1 Å². The largest absolute Gasteiger partial charge is 0.437 e. The molecule has 1 atom stereocenters. The van der Waals surface area contributed by atoms with Crippen molar-refractivity contribution in [2.45, 2.75) is 19.9 Å². The summed E-state index contributed by atoms with van der Waals surface area (Å²) in [5, 5.41) is 2.96. The van der Waals surface area contributed by atoms with Crippen LogP contribution in [0.3, 0.4) is 0 Å². The molecule has 0 aliphatic rings. The van der Waals surface area contributed by atoms with E-state index in [0.717, 1.165) is 11.1 Å². The Morgan fingerprint density at radius 1 is 1.15 bits per heavy atom. The average molecular weight is 359 g/mol. The van der Waals surface area contributed by atoms with Crippen LogP contribution in [0.2, 0.25) is 0 Å². The van der Waals surface area contributed by atoms with E-state index in [2.05, 4.69) is 15.3 Å². The first-order valence-corrected chi connectivity index (χ1v) is 8.69. The highest BCUT2D eigenvalue weighted by Crippen LogP contribution is 2.22. The molecule has 0 radical (unpaired) electrons. The van der Waals surface area contributed by atoms with Gasteiger partial charge in [0.15, 0.2) is 0 Å². The molecule has 0 saturated heterocycles. The summed E-state index contributed by atoms with van der Waals surface area (Å²) in [4.78, 5) is 20.3. The molecule has 2 aromatic carbocycles. The first-order valence-electron chi connectivity index (χ1n) is 8.69. The van der Waals surface area contributed by atoms with Crippen molar-refractivity contribution in [1.29, 1.82) is 0 Å². The standard InChI is InChI=1S/C22H21N3O2/c1-16-6-8-18(9-7-16)10-11-21(26)25-17(2)19-4-3-5-20(14-19)27-22-15-23-12-13-24-22/h3-15,17H,1-2H3,(H,25,26)/b11-10+/t17-/m0/s1. The molecule has 0 fully saturated rings. The van der Waals surface area contributed by atoms with Crippen LogP contribution in [0, 0.1) is 6.92 Å². The SMILES string of the molecule is Cc1ccc(/C=C/C(=O)N[C@@H](C)c2cccc(Oc3cnccn3)c2)cc1. The van der Waals surface area contributed by atoms with Gasteiger partial charge in [-0.05, 0) is 43.2 Å². The average Bonchev–Trinajstić information content (AvgIpc) is 2.68. The maximum absolute atomic E-state index is 12.2. The summed E-state index contributed by atoms with van der Waals surface area (Å²) in [6.45, 7) is 3.96. The highest BCUT2D eigenvalue weighted by molar-refractivity contribution is 5.91. The van der Waals surface area contributed by atoms with Gasteiger partial charge in [-0.15, -0.1) is 0 Å². The molecular weight excluding hydrogens is 338 g/mol. The molecular formula is C22H21N3O2. The first-order chi connectivity index (χ1) is 13.1. The Hall–Kier alpha value is -3.47. The van der Waals surface area contributed by atoms with Gasteiger partial charge < -0.3 is 10.1 Å². The van der Waals surface area contributed by atoms with Gasteiger partial charge in [0.2, 0.25) is 11.8 Å². The third-order valence-electron chi connectivity index (χ3n) is 3.98. The fraction of sp³-hybridized carbons (Fsp3) is 0.136. The van der Waals surface area contributed by atoms with Crippen LogP contribution in [0.25, 0.3) is 6.08 Å². The first kappa shape index (κ1) is 18.3. The maximum atomic E-state index is 12.2. The van der Waals surface area contributed by atoms with Gasteiger partial charge in [0.1, 0.15) is 5.75 Å². The number of benzene rings is 2. The molecule has 0 bridgehead atoms. The molecule has 0 spiro atoms. The Morgan fingerprint density at radius 2 is 1.96 bits per heavy atom. The molecule has 0 saturated carbocycles. The Balaban J connectivity index is 1.61. The molecule has 27 heavy (non-hydrogen) atoms. The number of amides is 1. The zero-order chi connectivity index (χ0) is 19.1. The number of nitrogens with zero attached hydrogens (tertiary/aromatic N) is 2. The second kappa shape index (κ2) is 8.76. The fourth-order valence-corrected chi connectivity index (χ4v) is 2.50. The van der Waals surface area contributed by atoms with E-state index in [1.54, 1.807) is 30.7 Å². The Morgan fingerprint density at radius 3 is 2.70 bits per heavy atom. The van der Waals surface area contributed by atoms with E-state index in [1.165, 1.54) is 5.56 Å². The Labute approximate surface area is 158 Å². The molecule has 3 rings (SSSR count). The van der Waals surface area contributed by atoms with Crippen molar-refractivity contribution >= 4 is 12.0 Å². The van der Waals surface area contributed by atoms with Gasteiger partial charge in [-0.3, -0.25) is 9.78 Å². The van der Waals surface area contributed by atoms with Gasteiger partial charge in [-0.25, -0.2) is 4.98 Å². The molecule has 0 unspecified atom stereocenters. The van der Waals surface area contributed by atoms with Crippen LogP contribution in [0.4, 0.5) is 0 Å². The van der Waals surface area contributed by atoms with Crippen molar-refractivity contribution < 1.29 is 9.53 Å². The maximum Gasteiger partial charge on any atom is 0.244 e. The number of carbonyl (C=O) groups is 1. The van der Waals surface area contributed by atoms with Gasteiger partial charge in [0.05, 0.1) is 12.2 Å². The smallest absolute Gasteiger partial charge is 0.244 e. The molecule has 1 amide bonds. The summed E-state index contributed by atoms with van der Waals surface area (Å²) in [5.74, 6) is 0.917. The minimum Gasteiger partial charge on any atom is -0.437 e. The van der Waals surface area contributed by atoms with E-state index in [9.17, 15) is 4.79 Å². The summed E-state index contributed by atoms with van der Waals surface area (Å²) >= 11 is 0. The van der Waals surface area contributed by atoms with Crippen molar-refractivity contribution in [3.8, 4) is 11.6 Å². The fourth-order valence-electron chi connectivity index (χ4n) is 2.50. The number of carbonyl (C=O) groups excluding carboxylic acids is 1. The molecule has 5 heteroatoms. The summed E-state index contributed by atoms with van der Waals surface area (Å²) in [5.41, 5.74) is 3.12. The van der Waals surface area contributed by atoms with Crippen LogP contribution >= 0.6 is 0 Å². The van der Waals surface area contributed by atoms with E-state index in [4.69, 9.17) is 4.74 Å². The van der Waals surface area contributed by atoms with Gasteiger partial charge >= 0.3 is 0 Å². The van der Waals surface area contributed by atoms with E-state index in [-0.39, 0.29) is 11.9 Å². The van der Waals surface area contributed by atoms with Crippen molar-refractivity contribution in [3.63, 3.8) is 0 Å². The lowest BCUT2D eigenvalue weighted by atomic mass is 10.1. The van der Waals surface area contributed by atoms with Crippen molar-refractivity contribution in [2.24, 2.45) is 0 Å². The number of aromatic nitrogens is 2. The van der Waals surface area contributed by atoms with E-state index < -0.39 is 0 Å². The minimum atomic E-state index is -0.162. The van der Waals surface area contributed by atoms with E-state index >= 15 is 0 Å². The second-order valence-electron chi connectivity index (χ2n) is 6.19. The number of ether oxygens (including phenoxy) is 1. The van der Waals surface area contributed by atoms with Crippen LogP contribution in [0.1, 0.15) is 29.7 Å². The number of rotatable bonds is 6. The normalized spacial score (nSPS) is 11.9. The van der Waals surface area contributed by atoms with Crippen LogP contribution < -0.4 is 10.1 Å². The van der Waals surface area contributed by atoms with E-state index in [0.29, 0.717) is 11.6 Å². The van der Waals surface area contributed by atoms with Crippen LogP contribution in [-0.2, 0) is 4.79 Å². The van der Waals surface area contributed by atoms with Crippen LogP contribution in [0.5, 0.6) is 11.6 Å². The number of aryl methyl sites for hydroxylation is 1. The van der Waals surface area contributed by atoms with Crippen molar-refractivity contribution in [2.75, 3.05) is 0 Å². The molecule has 3 aromatic rings. The quantitative estimate of drug-likeness (QED) is 0.660. The van der Waals surface area contributed by atoms with Gasteiger partial charge in [0.25, 0.3) is 0 Å². The summed E-state index contributed by atoms with van der Waals surface area (Å²) in [6, 6.07) is 15.4. The molecule has 5 nitrogen and oxygen atoms in total. The van der Waals surface area contributed by atoms with E-state index in [1.807, 2.05) is 62.4 Å². The molecule has 0 aliphatic heterocycles. The molecule has 1 aromatic heterocycles. The molecule has 1 N–H and O–H groups in total.